The van der Waals surface area contributed by atoms with Crippen LogP contribution in [0.5, 0.6) is 0 Å². The minimum atomic E-state index is -0.492. The van der Waals surface area contributed by atoms with Gasteiger partial charge in [-0.2, -0.15) is 0 Å². The van der Waals surface area contributed by atoms with Crippen LogP contribution in [0.2, 0.25) is 0 Å². The van der Waals surface area contributed by atoms with E-state index in [1.54, 1.807) is 4.90 Å². The third-order valence-electron chi connectivity index (χ3n) is 4.32. The summed E-state index contributed by atoms with van der Waals surface area (Å²) >= 11 is 0. The van der Waals surface area contributed by atoms with Crippen LogP contribution in [-0.2, 0) is 9.59 Å². The maximum absolute atomic E-state index is 12.7. The SMILES string of the molecule is CN1CCN(C(=O)CN2C(=O)CNC2=O)[C@@H](c2ccccc2)C1. The maximum atomic E-state index is 12.7. The Morgan fingerprint density at radius 2 is 1.96 bits per heavy atom. The fourth-order valence-corrected chi connectivity index (χ4v) is 3.02. The number of amides is 4. The topological polar surface area (TPSA) is 73.0 Å². The van der Waals surface area contributed by atoms with Gasteiger partial charge in [0.05, 0.1) is 12.6 Å². The number of hydrogen-bond donors (Lipinski definition) is 1. The molecule has 23 heavy (non-hydrogen) atoms. The van der Waals surface area contributed by atoms with Crippen molar-refractivity contribution >= 4 is 17.8 Å². The molecular formula is C16H20N4O3. The van der Waals surface area contributed by atoms with E-state index >= 15 is 0 Å². The lowest BCUT2D eigenvalue weighted by Crippen LogP contribution is -2.52. The molecule has 0 aliphatic carbocycles. The normalized spacial score (nSPS) is 22.4. The number of likely N-dealkylation sites (N-methyl/N-ethyl adjacent to an activating group) is 1. The molecule has 2 heterocycles. The lowest BCUT2D eigenvalue weighted by molar-refractivity contribution is -0.140. The van der Waals surface area contributed by atoms with E-state index in [1.807, 2.05) is 37.4 Å². The van der Waals surface area contributed by atoms with Crippen molar-refractivity contribution in [3.63, 3.8) is 0 Å². The van der Waals surface area contributed by atoms with Gasteiger partial charge in [0.1, 0.15) is 6.54 Å². The number of urea groups is 1. The maximum Gasteiger partial charge on any atom is 0.325 e. The molecule has 2 aliphatic rings. The Labute approximate surface area is 134 Å². The highest BCUT2D eigenvalue weighted by Crippen LogP contribution is 2.25. The van der Waals surface area contributed by atoms with E-state index in [9.17, 15) is 14.4 Å². The average Bonchev–Trinajstić information content (AvgIpc) is 2.87. The summed E-state index contributed by atoms with van der Waals surface area (Å²) < 4.78 is 0. The minimum absolute atomic E-state index is 0.0308. The number of carbonyl (C=O) groups is 3. The third-order valence-corrected chi connectivity index (χ3v) is 4.32. The van der Waals surface area contributed by atoms with Gasteiger partial charge in [0, 0.05) is 19.6 Å². The second kappa shape index (κ2) is 6.37. The van der Waals surface area contributed by atoms with Gasteiger partial charge in [0.25, 0.3) is 5.91 Å². The molecule has 0 aromatic heterocycles. The lowest BCUT2D eigenvalue weighted by atomic mass is 10.0. The van der Waals surface area contributed by atoms with E-state index in [4.69, 9.17) is 0 Å². The van der Waals surface area contributed by atoms with E-state index in [-0.39, 0.29) is 30.9 Å². The van der Waals surface area contributed by atoms with Gasteiger partial charge in [0.2, 0.25) is 5.91 Å². The number of nitrogens with one attached hydrogen (secondary N) is 1. The van der Waals surface area contributed by atoms with Crippen LogP contribution in [0.3, 0.4) is 0 Å². The second-order valence-corrected chi connectivity index (χ2v) is 5.91. The summed E-state index contributed by atoms with van der Waals surface area (Å²) in [5.41, 5.74) is 1.06. The Balaban J connectivity index is 1.77. The first kappa shape index (κ1) is 15.5. The molecule has 1 aromatic rings. The van der Waals surface area contributed by atoms with E-state index in [0.29, 0.717) is 6.54 Å². The number of nitrogens with zero attached hydrogens (tertiary/aromatic N) is 3. The van der Waals surface area contributed by atoms with Gasteiger partial charge in [-0.3, -0.25) is 14.5 Å². The zero-order valence-electron chi connectivity index (χ0n) is 13.1. The molecule has 2 fully saturated rings. The molecule has 0 spiro atoms. The molecule has 7 nitrogen and oxygen atoms in total. The largest absolute Gasteiger partial charge is 0.332 e. The predicted molar refractivity (Wildman–Crippen MR) is 83.5 cm³/mol. The number of carbonyl (C=O) groups excluding carboxylic acids is 3. The van der Waals surface area contributed by atoms with Crippen molar-refractivity contribution in [2.24, 2.45) is 0 Å². The minimum Gasteiger partial charge on any atom is -0.332 e. The molecule has 0 radical (unpaired) electrons. The Kier molecular flexibility index (Phi) is 4.29. The van der Waals surface area contributed by atoms with Crippen molar-refractivity contribution in [2.45, 2.75) is 6.04 Å². The lowest BCUT2D eigenvalue weighted by Gasteiger charge is -2.40. The Hall–Kier alpha value is -2.41. The Morgan fingerprint density at radius 3 is 2.61 bits per heavy atom. The summed E-state index contributed by atoms with van der Waals surface area (Å²) in [6.07, 6.45) is 0. The Bertz CT molecular complexity index is 603. The number of imide groups is 1. The van der Waals surface area contributed by atoms with Crippen LogP contribution in [-0.4, -0.2) is 72.3 Å². The van der Waals surface area contributed by atoms with E-state index in [1.165, 1.54) is 0 Å². The third kappa shape index (κ3) is 3.19. The predicted octanol–water partition coefficient (Wildman–Crippen LogP) is 0.0535. The number of benzene rings is 1. The van der Waals surface area contributed by atoms with Crippen molar-refractivity contribution < 1.29 is 14.4 Å². The van der Waals surface area contributed by atoms with E-state index in [0.717, 1.165) is 23.6 Å². The van der Waals surface area contributed by atoms with Crippen LogP contribution in [0.25, 0.3) is 0 Å². The van der Waals surface area contributed by atoms with Crippen LogP contribution in [0, 0.1) is 0 Å². The Morgan fingerprint density at radius 1 is 1.22 bits per heavy atom. The molecule has 3 rings (SSSR count). The first-order valence-electron chi connectivity index (χ1n) is 7.67. The van der Waals surface area contributed by atoms with Gasteiger partial charge in [0.15, 0.2) is 0 Å². The molecule has 4 amide bonds. The monoisotopic (exact) mass is 316 g/mol. The van der Waals surface area contributed by atoms with Crippen LogP contribution in [0.1, 0.15) is 11.6 Å². The highest BCUT2D eigenvalue weighted by atomic mass is 16.2. The summed E-state index contributed by atoms with van der Waals surface area (Å²) in [6.45, 7) is 1.86. The quantitative estimate of drug-likeness (QED) is 0.800. The van der Waals surface area contributed by atoms with Gasteiger partial charge in [-0.25, -0.2) is 4.79 Å². The van der Waals surface area contributed by atoms with Crippen molar-refractivity contribution in [3.8, 4) is 0 Å². The summed E-state index contributed by atoms with van der Waals surface area (Å²) in [4.78, 5) is 40.9. The first-order valence-corrected chi connectivity index (χ1v) is 7.67. The van der Waals surface area contributed by atoms with Crippen molar-refractivity contribution in [1.82, 2.24) is 20.0 Å². The van der Waals surface area contributed by atoms with Gasteiger partial charge in [-0.1, -0.05) is 30.3 Å². The fraction of sp³-hybridized carbons (Fsp3) is 0.438. The van der Waals surface area contributed by atoms with Crippen LogP contribution in [0.15, 0.2) is 30.3 Å². The molecule has 0 unspecified atom stereocenters. The van der Waals surface area contributed by atoms with E-state index < -0.39 is 6.03 Å². The number of piperazine rings is 1. The highest BCUT2D eigenvalue weighted by Gasteiger charge is 2.35. The van der Waals surface area contributed by atoms with Gasteiger partial charge in [-0.05, 0) is 12.6 Å². The summed E-state index contributed by atoms with van der Waals surface area (Å²) in [5, 5.41) is 2.44. The molecule has 2 saturated heterocycles. The average molecular weight is 316 g/mol. The smallest absolute Gasteiger partial charge is 0.325 e. The molecule has 2 aliphatic heterocycles. The van der Waals surface area contributed by atoms with Crippen LogP contribution < -0.4 is 5.32 Å². The summed E-state index contributed by atoms with van der Waals surface area (Å²) in [5.74, 6) is -0.550. The van der Waals surface area contributed by atoms with Crippen LogP contribution in [0.4, 0.5) is 4.79 Å². The highest BCUT2D eigenvalue weighted by molar-refractivity contribution is 6.04. The molecule has 1 atom stereocenters. The molecule has 0 bridgehead atoms. The zero-order valence-corrected chi connectivity index (χ0v) is 13.1. The van der Waals surface area contributed by atoms with Crippen molar-refractivity contribution in [2.75, 3.05) is 39.8 Å². The standard InChI is InChI=1S/C16H20N4O3/c1-18-7-8-19(13(10-18)12-5-3-2-4-6-12)15(22)11-20-14(21)9-17-16(20)23/h2-6,13H,7-11H2,1H3,(H,17,23)/t13-/m1/s1. The second-order valence-electron chi connectivity index (χ2n) is 5.91. The number of hydrogen-bond acceptors (Lipinski definition) is 4. The summed E-state index contributed by atoms with van der Waals surface area (Å²) in [6, 6.07) is 9.27. The molecule has 7 heteroatoms. The first-order chi connectivity index (χ1) is 11.1. The molecule has 122 valence electrons. The van der Waals surface area contributed by atoms with Gasteiger partial charge < -0.3 is 15.1 Å². The van der Waals surface area contributed by atoms with Gasteiger partial charge >= 0.3 is 6.03 Å². The molecule has 1 aromatic carbocycles. The molecule has 1 N–H and O–H groups in total. The zero-order chi connectivity index (χ0) is 16.4. The van der Waals surface area contributed by atoms with Crippen LogP contribution >= 0.6 is 0 Å². The fourth-order valence-electron chi connectivity index (χ4n) is 3.02. The van der Waals surface area contributed by atoms with Gasteiger partial charge in [-0.15, -0.1) is 0 Å². The molecule has 0 saturated carbocycles. The van der Waals surface area contributed by atoms with Crippen molar-refractivity contribution in [1.29, 1.82) is 0 Å². The number of rotatable bonds is 3. The summed E-state index contributed by atoms with van der Waals surface area (Å²) in [7, 11) is 2.02. The van der Waals surface area contributed by atoms with Crippen molar-refractivity contribution in [3.05, 3.63) is 35.9 Å². The van der Waals surface area contributed by atoms with E-state index in [2.05, 4.69) is 10.2 Å². The molecular weight excluding hydrogens is 296 g/mol.